The average Bonchev–Trinajstić information content (AvgIpc) is 2.92. The van der Waals surface area contributed by atoms with Crippen LogP contribution in [0.2, 0.25) is 0 Å². The SMILES string of the molecule is COC(=O)CCCCCCC(CCCCCCC(=O)OC)C(C)CCCC(C)CCCCC(C)CCCC(C)C. The summed E-state index contributed by atoms with van der Waals surface area (Å²) in [6, 6.07) is 0. The lowest BCUT2D eigenvalue weighted by Gasteiger charge is -2.25. The Morgan fingerprint density at radius 2 is 0.825 bits per heavy atom. The first kappa shape index (κ1) is 38.9. The fourth-order valence-corrected chi connectivity index (χ4v) is 6.15. The third-order valence-corrected chi connectivity index (χ3v) is 9.15. The third kappa shape index (κ3) is 24.7. The van der Waals surface area contributed by atoms with E-state index in [0.29, 0.717) is 12.8 Å². The molecule has 0 aromatic rings. The number of hydrogen-bond acceptors (Lipinski definition) is 4. The van der Waals surface area contributed by atoms with Crippen molar-refractivity contribution < 1.29 is 19.1 Å². The van der Waals surface area contributed by atoms with Gasteiger partial charge in [-0.3, -0.25) is 9.59 Å². The van der Waals surface area contributed by atoms with E-state index in [1.54, 1.807) is 0 Å². The quantitative estimate of drug-likeness (QED) is 0.0698. The van der Waals surface area contributed by atoms with E-state index in [2.05, 4.69) is 34.6 Å². The van der Waals surface area contributed by atoms with Gasteiger partial charge in [-0.1, -0.05) is 150 Å². The zero-order valence-corrected chi connectivity index (χ0v) is 28.1. The van der Waals surface area contributed by atoms with Crippen LogP contribution in [-0.4, -0.2) is 26.2 Å². The molecule has 0 saturated heterocycles. The van der Waals surface area contributed by atoms with E-state index in [9.17, 15) is 9.59 Å². The van der Waals surface area contributed by atoms with Crippen LogP contribution in [0.1, 0.15) is 176 Å². The fourth-order valence-electron chi connectivity index (χ4n) is 6.15. The van der Waals surface area contributed by atoms with Crippen molar-refractivity contribution in [3.05, 3.63) is 0 Å². The Morgan fingerprint density at radius 1 is 0.450 bits per heavy atom. The van der Waals surface area contributed by atoms with Crippen molar-refractivity contribution in [3.8, 4) is 0 Å². The maximum atomic E-state index is 11.3. The highest BCUT2D eigenvalue weighted by atomic mass is 16.5. The van der Waals surface area contributed by atoms with Crippen molar-refractivity contribution in [1.29, 1.82) is 0 Å². The molecular weight excluding hydrogens is 496 g/mol. The van der Waals surface area contributed by atoms with Crippen LogP contribution in [0.3, 0.4) is 0 Å². The van der Waals surface area contributed by atoms with Crippen LogP contribution in [0.5, 0.6) is 0 Å². The number of unbranched alkanes of at least 4 members (excludes halogenated alkanes) is 7. The summed E-state index contributed by atoms with van der Waals surface area (Å²) in [5, 5.41) is 0. The standard InChI is InChI=1S/C36H70O4/c1-30(2)20-18-23-31(3)21-16-17-22-32(4)24-19-25-33(5)34(26-12-8-10-14-28-35(37)39-6)27-13-9-11-15-29-36(38)40-7/h30-34H,8-29H2,1-7H3. The van der Waals surface area contributed by atoms with Crippen LogP contribution in [0, 0.1) is 29.6 Å². The van der Waals surface area contributed by atoms with Crippen LogP contribution < -0.4 is 0 Å². The normalized spacial score (nSPS) is 13.9. The summed E-state index contributed by atoms with van der Waals surface area (Å²) >= 11 is 0. The summed E-state index contributed by atoms with van der Waals surface area (Å²) < 4.78 is 9.53. The molecule has 0 aromatic heterocycles. The van der Waals surface area contributed by atoms with Gasteiger partial charge in [0.1, 0.15) is 0 Å². The molecule has 4 nitrogen and oxygen atoms in total. The van der Waals surface area contributed by atoms with Crippen molar-refractivity contribution in [2.24, 2.45) is 29.6 Å². The smallest absolute Gasteiger partial charge is 0.305 e. The number of carbonyl (C=O) groups is 2. The molecule has 238 valence electrons. The van der Waals surface area contributed by atoms with Gasteiger partial charge in [-0.2, -0.15) is 0 Å². The Hall–Kier alpha value is -1.06. The highest BCUT2D eigenvalue weighted by Crippen LogP contribution is 2.30. The predicted octanol–water partition coefficient (Wildman–Crippen LogP) is 11.1. The average molecular weight is 567 g/mol. The first-order valence-corrected chi connectivity index (χ1v) is 17.3. The van der Waals surface area contributed by atoms with Crippen molar-refractivity contribution in [3.63, 3.8) is 0 Å². The van der Waals surface area contributed by atoms with E-state index in [0.717, 1.165) is 55.3 Å². The predicted molar refractivity (Wildman–Crippen MR) is 171 cm³/mol. The van der Waals surface area contributed by atoms with Gasteiger partial charge in [-0.05, 0) is 42.4 Å². The fraction of sp³-hybridized carbons (Fsp3) is 0.944. The van der Waals surface area contributed by atoms with Gasteiger partial charge in [0.05, 0.1) is 14.2 Å². The Kier molecular flexibility index (Phi) is 26.1. The molecule has 3 atom stereocenters. The van der Waals surface area contributed by atoms with Gasteiger partial charge in [0, 0.05) is 12.8 Å². The number of hydrogen-bond donors (Lipinski definition) is 0. The molecule has 0 aliphatic carbocycles. The van der Waals surface area contributed by atoms with E-state index >= 15 is 0 Å². The van der Waals surface area contributed by atoms with Crippen LogP contribution in [-0.2, 0) is 19.1 Å². The Morgan fingerprint density at radius 3 is 1.25 bits per heavy atom. The Balaban J connectivity index is 4.27. The van der Waals surface area contributed by atoms with Crippen LogP contribution in [0.15, 0.2) is 0 Å². The molecule has 0 radical (unpaired) electrons. The van der Waals surface area contributed by atoms with Gasteiger partial charge in [0.25, 0.3) is 0 Å². The van der Waals surface area contributed by atoms with Gasteiger partial charge in [0.2, 0.25) is 0 Å². The minimum Gasteiger partial charge on any atom is -0.469 e. The molecule has 0 fully saturated rings. The van der Waals surface area contributed by atoms with E-state index < -0.39 is 0 Å². The molecule has 0 amide bonds. The lowest BCUT2D eigenvalue weighted by molar-refractivity contribution is -0.141. The lowest BCUT2D eigenvalue weighted by atomic mass is 9.81. The molecule has 4 heteroatoms. The van der Waals surface area contributed by atoms with Crippen molar-refractivity contribution in [2.75, 3.05) is 14.2 Å². The van der Waals surface area contributed by atoms with Gasteiger partial charge >= 0.3 is 11.9 Å². The van der Waals surface area contributed by atoms with Crippen molar-refractivity contribution in [1.82, 2.24) is 0 Å². The molecule has 0 aromatic carbocycles. The molecular formula is C36H70O4. The second kappa shape index (κ2) is 26.8. The molecule has 3 unspecified atom stereocenters. The Bertz CT molecular complexity index is 559. The van der Waals surface area contributed by atoms with E-state index in [1.165, 1.54) is 117 Å². The van der Waals surface area contributed by atoms with Crippen molar-refractivity contribution in [2.45, 2.75) is 176 Å². The van der Waals surface area contributed by atoms with Crippen molar-refractivity contribution >= 4 is 11.9 Å². The molecule has 0 heterocycles. The van der Waals surface area contributed by atoms with E-state index in [-0.39, 0.29) is 11.9 Å². The van der Waals surface area contributed by atoms with Crippen LogP contribution in [0.25, 0.3) is 0 Å². The van der Waals surface area contributed by atoms with Gasteiger partial charge in [0.15, 0.2) is 0 Å². The summed E-state index contributed by atoms with van der Waals surface area (Å²) in [6.45, 7) is 12.1. The molecule has 0 aliphatic heterocycles. The van der Waals surface area contributed by atoms with E-state index in [1.807, 2.05) is 0 Å². The lowest BCUT2D eigenvalue weighted by Crippen LogP contribution is -2.13. The largest absolute Gasteiger partial charge is 0.469 e. The molecule has 0 spiro atoms. The molecule has 0 N–H and O–H groups in total. The molecule has 0 saturated carbocycles. The second-order valence-electron chi connectivity index (χ2n) is 13.5. The van der Waals surface area contributed by atoms with Crippen LogP contribution in [0.4, 0.5) is 0 Å². The number of methoxy groups -OCH3 is 2. The molecule has 0 rings (SSSR count). The first-order chi connectivity index (χ1) is 19.2. The van der Waals surface area contributed by atoms with Gasteiger partial charge in [-0.25, -0.2) is 0 Å². The minimum absolute atomic E-state index is 0.0837. The highest BCUT2D eigenvalue weighted by Gasteiger charge is 2.17. The topological polar surface area (TPSA) is 52.6 Å². The first-order valence-electron chi connectivity index (χ1n) is 17.3. The number of ether oxygens (including phenoxy) is 2. The maximum absolute atomic E-state index is 11.3. The zero-order valence-electron chi connectivity index (χ0n) is 28.1. The molecule has 40 heavy (non-hydrogen) atoms. The van der Waals surface area contributed by atoms with Gasteiger partial charge < -0.3 is 9.47 Å². The highest BCUT2D eigenvalue weighted by molar-refractivity contribution is 5.69. The maximum Gasteiger partial charge on any atom is 0.305 e. The monoisotopic (exact) mass is 567 g/mol. The molecule has 0 bridgehead atoms. The third-order valence-electron chi connectivity index (χ3n) is 9.15. The van der Waals surface area contributed by atoms with E-state index in [4.69, 9.17) is 9.47 Å². The van der Waals surface area contributed by atoms with Gasteiger partial charge in [-0.15, -0.1) is 0 Å². The molecule has 0 aliphatic rings. The summed E-state index contributed by atoms with van der Waals surface area (Å²) in [5.74, 6) is 4.01. The number of carbonyl (C=O) groups excluding carboxylic acids is 2. The minimum atomic E-state index is -0.0837. The zero-order chi connectivity index (χ0) is 30.0. The number of rotatable bonds is 28. The number of esters is 2. The summed E-state index contributed by atoms with van der Waals surface area (Å²) in [6.07, 6.45) is 26.7. The van der Waals surface area contributed by atoms with Crippen LogP contribution >= 0.6 is 0 Å². The summed E-state index contributed by atoms with van der Waals surface area (Å²) in [4.78, 5) is 22.7. The Labute approximate surface area is 250 Å². The second-order valence-corrected chi connectivity index (χ2v) is 13.5. The summed E-state index contributed by atoms with van der Waals surface area (Å²) in [7, 11) is 2.95. The summed E-state index contributed by atoms with van der Waals surface area (Å²) in [5.41, 5.74) is 0.